The number of rotatable bonds is 7. The van der Waals surface area contributed by atoms with Gasteiger partial charge in [0.2, 0.25) is 5.91 Å². The molecule has 1 N–H and O–H groups in total. The molecule has 1 amide bonds. The topological polar surface area (TPSA) is 93.5 Å². The van der Waals surface area contributed by atoms with E-state index in [2.05, 4.69) is 10.3 Å². The molecular weight excluding hydrogens is 356 g/mol. The van der Waals surface area contributed by atoms with Crippen molar-refractivity contribution in [1.82, 2.24) is 19.2 Å². The third kappa shape index (κ3) is 4.23. The van der Waals surface area contributed by atoms with Crippen molar-refractivity contribution in [2.24, 2.45) is 0 Å². The quantitative estimate of drug-likeness (QED) is 0.776. The highest BCUT2D eigenvalue weighted by molar-refractivity contribution is 7.89. The number of carbonyl (C=O) groups excluding carboxylic acids is 1. The molecule has 26 heavy (non-hydrogen) atoms. The fourth-order valence-corrected chi connectivity index (χ4v) is 4.28. The predicted molar refractivity (Wildman–Crippen MR) is 95.1 cm³/mol. The molecule has 0 aliphatic carbocycles. The van der Waals surface area contributed by atoms with Gasteiger partial charge in [-0.2, -0.15) is 4.31 Å². The average molecular weight is 378 g/mol. The number of aromatic nitrogens is 2. The van der Waals surface area contributed by atoms with Crippen LogP contribution in [0.4, 0.5) is 0 Å². The first-order valence-electron chi connectivity index (χ1n) is 8.40. The van der Waals surface area contributed by atoms with Gasteiger partial charge in [0.1, 0.15) is 12.3 Å². The molecule has 3 rings (SSSR count). The van der Waals surface area contributed by atoms with Gasteiger partial charge in [-0.15, -0.1) is 0 Å². The Morgan fingerprint density at radius 3 is 2.81 bits per heavy atom. The van der Waals surface area contributed by atoms with Crippen molar-refractivity contribution in [3.63, 3.8) is 0 Å². The van der Waals surface area contributed by atoms with Gasteiger partial charge in [0.25, 0.3) is 10.0 Å². The number of amides is 1. The Hall–Kier alpha value is -2.39. The molecule has 1 aliphatic rings. The van der Waals surface area contributed by atoms with Crippen molar-refractivity contribution in [2.75, 3.05) is 20.2 Å². The lowest BCUT2D eigenvalue weighted by Crippen LogP contribution is -2.28. The molecule has 2 heterocycles. The van der Waals surface area contributed by atoms with Gasteiger partial charge in [-0.3, -0.25) is 4.79 Å². The zero-order valence-corrected chi connectivity index (χ0v) is 15.4. The van der Waals surface area contributed by atoms with Crippen molar-refractivity contribution in [3.8, 4) is 5.75 Å². The summed E-state index contributed by atoms with van der Waals surface area (Å²) in [6.45, 7) is 1.42. The molecule has 0 atom stereocenters. The van der Waals surface area contributed by atoms with E-state index in [4.69, 9.17) is 4.74 Å². The van der Waals surface area contributed by atoms with Crippen LogP contribution in [-0.4, -0.2) is 48.4 Å². The van der Waals surface area contributed by atoms with Gasteiger partial charge in [-0.1, -0.05) is 12.1 Å². The minimum atomic E-state index is -3.56. The van der Waals surface area contributed by atoms with E-state index < -0.39 is 10.0 Å². The standard InChI is InChI=1S/C17H22N4O4S/c1-25-15-6-4-5-14(9-15)10-18-16(22)11-20-12-17(19-13-20)26(23,24)21-7-2-3-8-21/h4-6,9,12-13H,2-3,7-8,10-11H2,1H3,(H,18,22). The van der Waals surface area contributed by atoms with Gasteiger partial charge >= 0.3 is 0 Å². The summed E-state index contributed by atoms with van der Waals surface area (Å²) in [6, 6.07) is 7.42. The van der Waals surface area contributed by atoms with Gasteiger partial charge in [0.05, 0.1) is 13.4 Å². The molecule has 0 saturated carbocycles. The number of nitrogens with one attached hydrogen (secondary N) is 1. The second-order valence-electron chi connectivity index (χ2n) is 6.12. The summed E-state index contributed by atoms with van der Waals surface area (Å²) in [6.07, 6.45) is 4.51. The zero-order valence-electron chi connectivity index (χ0n) is 14.6. The third-order valence-corrected chi connectivity index (χ3v) is 6.01. The first-order valence-corrected chi connectivity index (χ1v) is 9.84. The number of ether oxygens (including phenoxy) is 1. The van der Waals surface area contributed by atoms with Crippen LogP contribution in [0.25, 0.3) is 0 Å². The van der Waals surface area contributed by atoms with Gasteiger partial charge in [-0.25, -0.2) is 13.4 Å². The highest BCUT2D eigenvalue weighted by atomic mass is 32.2. The first-order chi connectivity index (χ1) is 12.5. The summed E-state index contributed by atoms with van der Waals surface area (Å²) in [5.41, 5.74) is 0.917. The summed E-state index contributed by atoms with van der Waals surface area (Å²) >= 11 is 0. The van der Waals surface area contributed by atoms with Crippen LogP contribution in [0.15, 0.2) is 41.8 Å². The molecule has 0 spiro atoms. The van der Waals surface area contributed by atoms with E-state index in [1.165, 1.54) is 21.4 Å². The Morgan fingerprint density at radius 2 is 2.08 bits per heavy atom. The molecule has 1 aromatic heterocycles. The van der Waals surface area contributed by atoms with Crippen LogP contribution in [0, 0.1) is 0 Å². The summed E-state index contributed by atoms with van der Waals surface area (Å²) in [5.74, 6) is 0.499. The van der Waals surface area contributed by atoms with Crippen LogP contribution in [0.1, 0.15) is 18.4 Å². The van der Waals surface area contributed by atoms with Crippen LogP contribution in [0.2, 0.25) is 0 Å². The summed E-state index contributed by atoms with van der Waals surface area (Å²) < 4.78 is 32.9. The van der Waals surface area contributed by atoms with Crippen molar-refractivity contribution in [2.45, 2.75) is 31.0 Å². The van der Waals surface area contributed by atoms with Crippen molar-refractivity contribution in [3.05, 3.63) is 42.4 Å². The van der Waals surface area contributed by atoms with Crippen LogP contribution in [0.3, 0.4) is 0 Å². The lowest BCUT2D eigenvalue weighted by molar-refractivity contribution is -0.121. The maximum atomic E-state index is 12.4. The molecule has 1 aliphatic heterocycles. The van der Waals surface area contributed by atoms with Crippen molar-refractivity contribution < 1.29 is 17.9 Å². The summed E-state index contributed by atoms with van der Waals surface area (Å²) in [7, 11) is -1.97. The smallest absolute Gasteiger partial charge is 0.262 e. The predicted octanol–water partition coefficient (Wildman–Crippen LogP) is 0.993. The summed E-state index contributed by atoms with van der Waals surface area (Å²) in [5, 5.41) is 2.78. The molecule has 0 bridgehead atoms. The number of nitrogens with zero attached hydrogens (tertiary/aromatic N) is 3. The number of sulfonamides is 1. The number of carbonyl (C=O) groups is 1. The lowest BCUT2D eigenvalue weighted by Gasteiger charge is -2.12. The third-order valence-electron chi connectivity index (χ3n) is 4.23. The van der Waals surface area contributed by atoms with E-state index in [0.29, 0.717) is 19.6 Å². The lowest BCUT2D eigenvalue weighted by atomic mass is 10.2. The molecule has 8 nitrogen and oxygen atoms in total. The molecule has 1 aromatic carbocycles. The van der Waals surface area contributed by atoms with E-state index in [-0.39, 0.29) is 17.5 Å². The Balaban J connectivity index is 1.57. The molecule has 2 aromatic rings. The minimum Gasteiger partial charge on any atom is -0.497 e. The number of methoxy groups -OCH3 is 1. The molecule has 1 saturated heterocycles. The second-order valence-corrected chi connectivity index (χ2v) is 8.01. The molecule has 9 heteroatoms. The molecule has 1 fully saturated rings. The van der Waals surface area contributed by atoms with E-state index in [1.807, 2.05) is 24.3 Å². The average Bonchev–Trinajstić information content (AvgIpc) is 3.32. The second kappa shape index (κ2) is 7.88. The SMILES string of the molecule is COc1cccc(CNC(=O)Cn2cnc(S(=O)(=O)N3CCCC3)c2)c1. The number of hydrogen-bond donors (Lipinski definition) is 1. The normalized spacial score (nSPS) is 15.1. The van der Waals surface area contributed by atoms with E-state index in [1.54, 1.807) is 7.11 Å². The fourth-order valence-electron chi connectivity index (χ4n) is 2.82. The van der Waals surface area contributed by atoms with Gasteiger partial charge in [-0.05, 0) is 30.5 Å². The Morgan fingerprint density at radius 1 is 1.31 bits per heavy atom. The first kappa shape index (κ1) is 18.4. The molecular formula is C17H22N4O4S. The van der Waals surface area contributed by atoms with E-state index >= 15 is 0 Å². The highest BCUT2D eigenvalue weighted by Gasteiger charge is 2.29. The van der Waals surface area contributed by atoms with Crippen molar-refractivity contribution in [1.29, 1.82) is 0 Å². The monoisotopic (exact) mass is 378 g/mol. The molecule has 140 valence electrons. The minimum absolute atomic E-state index is 0.00644. The van der Waals surface area contributed by atoms with Gasteiger partial charge in [0.15, 0.2) is 5.03 Å². The highest BCUT2D eigenvalue weighted by Crippen LogP contribution is 2.19. The van der Waals surface area contributed by atoms with Crippen LogP contribution in [-0.2, 0) is 27.9 Å². The Kier molecular flexibility index (Phi) is 5.58. The van der Waals surface area contributed by atoms with E-state index in [0.717, 1.165) is 24.2 Å². The number of imidazole rings is 1. The van der Waals surface area contributed by atoms with Crippen LogP contribution in [0.5, 0.6) is 5.75 Å². The number of benzene rings is 1. The maximum Gasteiger partial charge on any atom is 0.262 e. The summed E-state index contributed by atoms with van der Waals surface area (Å²) in [4.78, 5) is 16.1. The van der Waals surface area contributed by atoms with Crippen LogP contribution < -0.4 is 10.1 Å². The number of hydrogen-bond acceptors (Lipinski definition) is 5. The van der Waals surface area contributed by atoms with E-state index in [9.17, 15) is 13.2 Å². The van der Waals surface area contributed by atoms with Gasteiger partial charge < -0.3 is 14.6 Å². The fraction of sp³-hybridized carbons (Fsp3) is 0.412. The van der Waals surface area contributed by atoms with Crippen LogP contribution >= 0.6 is 0 Å². The Labute approximate surface area is 152 Å². The molecule has 0 radical (unpaired) electrons. The maximum absolute atomic E-state index is 12.4. The van der Waals surface area contributed by atoms with Gasteiger partial charge in [0, 0.05) is 25.8 Å². The zero-order chi connectivity index (χ0) is 18.6. The van der Waals surface area contributed by atoms with Crippen molar-refractivity contribution >= 4 is 15.9 Å². The molecule has 0 unspecified atom stereocenters. The Bertz CT molecular complexity index is 872. The largest absolute Gasteiger partial charge is 0.497 e.